The molecule has 0 amide bonds. The van der Waals surface area contributed by atoms with Crippen LogP contribution >= 0.6 is 23.2 Å². The van der Waals surface area contributed by atoms with E-state index in [2.05, 4.69) is 4.98 Å². The molecule has 0 aliphatic carbocycles. The lowest BCUT2D eigenvalue weighted by Crippen LogP contribution is -2.04. The second-order valence-corrected chi connectivity index (χ2v) is 5.04. The van der Waals surface area contributed by atoms with E-state index in [4.69, 9.17) is 23.2 Å². The first-order valence-corrected chi connectivity index (χ1v) is 6.32. The van der Waals surface area contributed by atoms with Crippen molar-refractivity contribution < 1.29 is 5.11 Å². The van der Waals surface area contributed by atoms with Crippen LogP contribution in [0, 0.1) is 13.8 Å². The van der Waals surface area contributed by atoms with E-state index in [1.54, 1.807) is 18.2 Å². The fourth-order valence-electron chi connectivity index (χ4n) is 1.88. The van der Waals surface area contributed by atoms with Crippen molar-refractivity contribution in [3.63, 3.8) is 0 Å². The lowest BCUT2D eigenvalue weighted by atomic mass is 10.00. The van der Waals surface area contributed by atoms with E-state index in [0.717, 1.165) is 17.0 Å². The van der Waals surface area contributed by atoms with Gasteiger partial charge in [-0.2, -0.15) is 0 Å². The Bertz CT molecular complexity index is 533. The van der Waals surface area contributed by atoms with E-state index in [0.29, 0.717) is 15.6 Å². The Labute approximate surface area is 116 Å². The number of rotatable bonds is 2. The zero-order valence-corrected chi connectivity index (χ0v) is 11.6. The van der Waals surface area contributed by atoms with Crippen LogP contribution in [0.5, 0.6) is 0 Å². The van der Waals surface area contributed by atoms with Gasteiger partial charge in [-0.05, 0) is 32.0 Å². The lowest BCUT2D eigenvalue weighted by molar-refractivity contribution is 0.219. The molecule has 0 bridgehead atoms. The molecule has 1 heterocycles. The van der Waals surface area contributed by atoms with Crippen molar-refractivity contribution in [3.8, 4) is 0 Å². The highest BCUT2D eigenvalue weighted by molar-refractivity contribution is 6.35. The van der Waals surface area contributed by atoms with E-state index >= 15 is 0 Å². The first-order valence-electron chi connectivity index (χ1n) is 5.56. The van der Waals surface area contributed by atoms with Crippen LogP contribution in [0.4, 0.5) is 0 Å². The maximum Gasteiger partial charge on any atom is 0.107 e. The number of aromatic nitrogens is 1. The molecule has 94 valence electrons. The van der Waals surface area contributed by atoms with Gasteiger partial charge in [0.1, 0.15) is 6.10 Å². The average molecular weight is 282 g/mol. The molecule has 1 unspecified atom stereocenters. The number of aliphatic hydroxyl groups excluding tert-OH is 1. The third-order valence-electron chi connectivity index (χ3n) is 2.82. The van der Waals surface area contributed by atoms with E-state index in [1.807, 2.05) is 26.0 Å². The second kappa shape index (κ2) is 5.27. The van der Waals surface area contributed by atoms with Gasteiger partial charge in [-0.25, -0.2) is 0 Å². The molecule has 18 heavy (non-hydrogen) atoms. The first-order chi connectivity index (χ1) is 8.49. The number of hydrogen-bond donors (Lipinski definition) is 1. The van der Waals surface area contributed by atoms with Gasteiger partial charge in [-0.15, -0.1) is 0 Å². The molecule has 0 spiro atoms. The highest BCUT2D eigenvalue weighted by Crippen LogP contribution is 2.31. The number of aliphatic hydroxyl groups is 1. The molecule has 4 heteroatoms. The summed E-state index contributed by atoms with van der Waals surface area (Å²) in [5, 5.41) is 11.4. The highest BCUT2D eigenvalue weighted by atomic mass is 35.5. The van der Waals surface area contributed by atoms with Crippen LogP contribution in [0.15, 0.2) is 30.3 Å². The summed E-state index contributed by atoms with van der Waals surface area (Å²) in [5.41, 5.74) is 3.11. The number of aryl methyl sites for hydroxylation is 2. The summed E-state index contributed by atoms with van der Waals surface area (Å²) in [4.78, 5) is 4.34. The van der Waals surface area contributed by atoms with Gasteiger partial charge in [0.05, 0.1) is 0 Å². The summed E-state index contributed by atoms with van der Waals surface area (Å²) in [7, 11) is 0. The molecule has 1 aromatic carbocycles. The van der Waals surface area contributed by atoms with Crippen molar-refractivity contribution in [2.45, 2.75) is 20.0 Å². The summed E-state index contributed by atoms with van der Waals surface area (Å²) in [6, 6.07) is 8.80. The summed E-state index contributed by atoms with van der Waals surface area (Å²) < 4.78 is 0. The minimum Gasteiger partial charge on any atom is -0.384 e. The van der Waals surface area contributed by atoms with E-state index < -0.39 is 6.10 Å². The molecule has 2 aromatic rings. The van der Waals surface area contributed by atoms with Gasteiger partial charge >= 0.3 is 0 Å². The molecule has 0 radical (unpaired) electrons. The Hall–Kier alpha value is -1.09. The van der Waals surface area contributed by atoms with Crippen LogP contribution in [0.1, 0.15) is 28.6 Å². The topological polar surface area (TPSA) is 33.1 Å². The smallest absolute Gasteiger partial charge is 0.107 e. The quantitative estimate of drug-likeness (QED) is 0.900. The van der Waals surface area contributed by atoms with E-state index in [1.165, 1.54) is 0 Å². The number of halogens is 2. The monoisotopic (exact) mass is 281 g/mol. The zero-order chi connectivity index (χ0) is 13.3. The van der Waals surface area contributed by atoms with E-state index in [9.17, 15) is 5.11 Å². The minimum atomic E-state index is -0.789. The Morgan fingerprint density at radius 1 is 1.06 bits per heavy atom. The van der Waals surface area contributed by atoms with Crippen LogP contribution in [0.3, 0.4) is 0 Å². The van der Waals surface area contributed by atoms with Crippen molar-refractivity contribution in [2.75, 3.05) is 0 Å². The molecule has 2 nitrogen and oxygen atoms in total. The van der Waals surface area contributed by atoms with Crippen LogP contribution in [0.2, 0.25) is 10.0 Å². The molecule has 0 fully saturated rings. The third-order valence-corrected chi connectivity index (χ3v) is 3.38. The van der Waals surface area contributed by atoms with Gasteiger partial charge in [-0.1, -0.05) is 35.3 Å². The van der Waals surface area contributed by atoms with Gasteiger partial charge < -0.3 is 5.11 Å². The molecule has 0 aliphatic rings. The predicted molar refractivity (Wildman–Crippen MR) is 74.2 cm³/mol. The standard InChI is InChI=1S/C14H13Cl2NO/c1-8-3-5-11(9(2)17-8)14(18)12-6-4-10(15)7-13(12)16/h3-7,14,18H,1-2H3. The van der Waals surface area contributed by atoms with Crippen LogP contribution in [0.25, 0.3) is 0 Å². The summed E-state index contributed by atoms with van der Waals surface area (Å²) in [6.07, 6.45) is -0.789. The summed E-state index contributed by atoms with van der Waals surface area (Å²) in [6.45, 7) is 3.79. The largest absolute Gasteiger partial charge is 0.384 e. The molecule has 2 rings (SSSR count). The van der Waals surface area contributed by atoms with Gasteiger partial charge in [0.25, 0.3) is 0 Å². The fourth-order valence-corrected chi connectivity index (χ4v) is 2.39. The maximum atomic E-state index is 10.4. The lowest BCUT2D eigenvalue weighted by Gasteiger charge is -2.15. The predicted octanol–water partition coefficient (Wildman–Crippen LogP) is 4.09. The number of hydrogen-bond acceptors (Lipinski definition) is 2. The van der Waals surface area contributed by atoms with Gasteiger partial charge in [0.15, 0.2) is 0 Å². The van der Waals surface area contributed by atoms with Gasteiger partial charge in [0.2, 0.25) is 0 Å². The maximum absolute atomic E-state index is 10.4. The second-order valence-electron chi connectivity index (χ2n) is 4.20. The zero-order valence-electron chi connectivity index (χ0n) is 10.1. The average Bonchev–Trinajstić information content (AvgIpc) is 2.28. The first kappa shape index (κ1) is 13.3. The molecule has 1 atom stereocenters. The van der Waals surface area contributed by atoms with Crippen LogP contribution in [-0.2, 0) is 0 Å². The number of benzene rings is 1. The van der Waals surface area contributed by atoms with Crippen molar-refractivity contribution in [3.05, 3.63) is 62.9 Å². The van der Waals surface area contributed by atoms with Crippen molar-refractivity contribution in [2.24, 2.45) is 0 Å². The Kier molecular flexibility index (Phi) is 3.91. The highest BCUT2D eigenvalue weighted by Gasteiger charge is 2.16. The normalized spacial score (nSPS) is 12.5. The summed E-state index contributed by atoms with van der Waals surface area (Å²) in [5.74, 6) is 0. The fraction of sp³-hybridized carbons (Fsp3) is 0.214. The van der Waals surface area contributed by atoms with Crippen molar-refractivity contribution in [1.29, 1.82) is 0 Å². The van der Waals surface area contributed by atoms with Crippen molar-refractivity contribution >= 4 is 23.2 Å². The van der Waals surface area contributed by atoms with Crippen LogP contribution in [-0.4, -0.2) is 10.1 Å². The summed E-state index contributed by atoms with van der Waals surface area (Å²) >= 11 is 11.9. The van der Waals surface area contributed by atoms with Crippen LogP contribution < -0.4 is 0 Å². The minimum absolute atomic E-state index is 0.454. The molecule has 0 saturated heterocycles. The third kappa shape index (κ3) is 2.66. The Morgan fingerprint density at radius 2 is 1.72 bits per heavy atom. The SMILES string of the molecule is Cc1ccc(C(O)c2ccc(Cl)cc2Cl)c(C)n1. The van der Waals surface area contributed by atoms with Gasteiger partial charge in [0, 0.05) is 32.6 Å². The van der Waals surface area contributed by atoms with Gasteiger partial charge in [-0.3, -0.25) is 4.98 Å². The Balaban J connectivity index is 2.44. The number of pyridine rings is 1. The van der Waals surface area contributed by atoms with E-state index in [-0.39, 0.29) is 0 Å². The van der Waals surface area contributed by atoms with Crippen molar-refractivity contribution in [1.82, 2.24) is 4.98 Å². The number of nitrogens with zero attached hydrogens (tertiary/aromatic N) is 1. The molecule has 0 aliphatic heterocycles. The molecular formula is C14H13Cl2NO. The molecule has 1 N–H and O–H groups in total. The molecular weight excluding hydrogens is 269 g/mol. The molecule has 1 aromatic heterocycles. The Morgan fingerprint density at radius 3 is 2.33 bits per heavy atom. The molecule has 0 saturated carbocycles.